The smallest absolute Gasteiger partial charge is 0.183 e. The zero-order valence-electron chi connectivity index (χ0n) is 13.6. The molecule has 2 rings (SSSR count). The summed E-state index contributed by atoms with van der Waals surface area (Å²) in [6, 6.07) is 0.853. The van der Waals surface area contributed by atoms with Crippen LogP contribution in [0.5, 0.6) is 0 Å². The Morgan fingerprint density at radius 2 is 1.73 bits per heavy atom. The molecule has 2 aliphatic rings. The van der Waals surface area contributed by atoms with Crippen LogP contribution in [0.3, 0.4) is 0 Å². The summed E-state index contributed by atoms with van der Waals surface area (Å²) >= 11 is 13.2. The fourth-order valence-corrected chi connectivity index (χ4v) is 3.42. The van der Waals surface area contributed by atoms with Crippen LogP contribution >= 0.6 is 35.6 Å². The molecule has 22 heavy (non-hydrogen) atoms. The van der Waals surface area contributed by atoms with Gasteiger partial charge in [0.2, 0.25) is 0 Å². The van der Waals surface area contributed by atoms with Gasteiger partial charge in [-0.15, -0.1) is 12.4 Å². The molecule has 4 unspecified atom stereocenters. The van der Waals surface area contributed by atoms with E-state index >= 15 is 0 Å². The lowest BCUT2D eigenvalue weighted by molar-refractivity contribution is 0.179. The molecular formula is C14H30Cl3N5. The van der Waals surface area contributed by atoms with Gasteiger partial charge in [-0.2, -0.15) is 0 Å². The van der Waals surface area contributed by atoms with Crippen molar-refractivity contribution in [3.05, 3.63) is 0 Å². The van der Waals surface area contributed by atoms with Crippen LogP contribution in [-0.4, -0.2) is 85.2 Å². The van der Waals surface area contributed by atoms with E-state index in [1.165, 1.54) is 0 Å². The molecule has 0 aromatic carbocycles. The van der Waals surface area contributed by atoms with Crippen LogP contribution < -0.4 is 16.0 Å². The van der Waals surface area contributed by atoms with E-state index in [0.29, 0.717) is 18.6 Å². The van der Waals surface area contributed by atoms with Crippen LogP contribution in [0.4, 0.5) is 0 Å². The summed E-state index contributed by atoms with van der Waals surface area (Å²) in [4.78, 5) is 4.68. The molecule has 0 saturated carbocycles. The Kier molecular flexibility index (Phi) is 9.27. The van der Waals surface area contributed by atoms with Crippen molar-refractivity contribution >= 4 is 35.6 Å². The molecule has 0 spiro atoms. The van der Waals surface area contributed by atoms with Gasteiger partial charge >= 0.3 is 0 Å². The Morgan fingerprint density at radius 1 is 0.955 bits per heavy atom. The van der Waals surface area contributed by atoms with E-state index in [4.69, 9.17) is 23.2 Å². The van der Waals surface area contributed by atoms with Crippen LogP contribution in [0.15, 0.2) is 0 Å². The highest BCUT2D eigenvalue weighted by atomic mass is 35.5. The monoisotopic (exact) mass is 373 g/mol. The number of halogens is 3. The molecule has 2 saturated heterocycles. The summed E-state index contributed by atoms with van der Waals surface area (Å²) in [6.45, 7) is 12.8. The van der Waals surface area contributed by atoms with Gasteiger partial charge in [-0.25, -0.2) is 0 Å². The first-order valence-electron chi connectivity index (χ1n) is 8.00. The van der Waals surface area contributed by atoms with E-state index < -0.39 is 4.46 Å². The molecule has 8 heteroatoms. The van der Waals surface area contributed by atoms with Crippen molar-refractivity contribution in [1.82, 2.24) is 25.8 Å². The molecule has 3 N–H and O–H groups in total. The van der Waals surface area contributed by atoms with Gasteiger partial charge in [0.1, 0.15) is 0 Å². The molecule has 132 valence electrons. The van der Waals surface area contributed by atoms with Crippen molar-refractivity contribution in [2.75, 3.05) is 58.9 Å². The van der Waals surface area contributed by atoms with Gasteiger partial charge in [0, 0.05) is 71.0 Å². The zero-order valence-corrected chi connectivity index (χ0v) is 15.9. The van der Waals surface area contributed by atoms with E-state index in [2.05, 4.69) is 39.6 Å². The maximum absolute atomic E-state index is 6.60. The quantitative estimate of drug-likeness (QED) is 0.431. The van der Waals surface area contributed by atoms with Crippen LogP contribution in [0.25, 0.3) is 0 Å². The average Bonchev–Trinajstić information content (AvgIpc) is 2.51. The summed E-state index contributed by atoms with van der Waals surface area (Å²) in [6.07, 6.45) is 0. The highest BCUT2D eigenvalue weighted by molar-refractivity contribution is 6.48. The summed E-state index contributed by atoms with van der Waals surface area (Å²) in [5.41, 5.74) is 0. The Balaban J connectivity index is 0.00000242. The van der Waals surface area contributed by atoms with Crippen molar-refractivity contribution in [2.45, 2.75) is 30.4 Å². The first kappa shape index (κ1) is 20.7. The predicted octanol–water partition coefficient (Wildman–Crippen LogP) is 0.717. The van der Waals surface area contributed by atoms with Crippen molar-refractivity contribution in [3.63, 3.8) is 0 Å². The average molecular weight is 375 g/mol. The first-order chi connectivity index (χ1) is 9.97. The second-order valence-electron chi connectivity index (χ2n) is 6.29. The number of hydrogen-bond acceptors (Lipinski definition) is 5. The SMILES string of the molecule is CC1CNCCN2CCN(CCNC(C)C2)C(Cl)(Cl)CN1.Cl. The molecule has 0 amide bonds. The molecule has 4 atom stereocenters. The van der Waals surface area contributed by atoms with Crippen LogP contribution in [0.2, 0.25) is 0 Å². The molecule has 0 aromatic rings. The Morgan fingerprint density at radius 3 is 2.50 bits per heavy atom. The molecule has 2 aliphatic heterocycles. The second-order valence-corrected chi connectivity index (χ2v) is 7.74. The Labute approximate surface area is 150 Å². The van der Waals surface area contributed by atoms with Crippen LogP contribution in [0, 0.1) is 0 Å². The zero-order chi connectivity index (χ0) is 15.3. The van der Waals surface area contributed by atoms with Gasteiger partial charge in [0.05, 0.1) is 0 Å². The highest BCUT2D eigenvalue weighted by Crippen LogP contribution is 2.25. The third kappa shape index (κ3) is 6.65. The highest BCUT2D eigenvalue weighted by Gasteiger charge is 2.33. The Bertz CT molecular complexity index is 319. The number of fused-ring (bicyclic) bond motifs is 3. The van der Waals surface area contributed by atoms with Gasteiger partial charge in [0.15, 0.2) is 4.46 Å². The number of nitrogens with one attached hydrogen (secondary N) is 3. The molecule has 2 fully saturated rings. The van der Waals surface area contributed by atoms with Gasteiger partial charge in [-0.3, -0.25) is 9.80 Å². The summed E-state index contributed by atoms with van der Waals surface area (Å²) in [7, 11) is 0. The first-order valence-corrected chi connectivity index (χ1v) is 8.75. The number of hydrogen-bond donors (Lipinski definition) is 3. The minimum Gasteiger partial charge on any atom is -0.314 e. The van der Waals surface area contributed by atoms with E-state index in [-0.39, 0.29) is 12.4 Å². The van der Waals surface area contributed by atoms with Gasteiger partial charge in [-0.05, 0) is 13.8 Å². The number of rotatable bonds is 0. The lowest BCUT2D eigenvalue weighted by atomic mass is 10.3. The largest absolute Gasteiger partial charge is 0.314 e. The summed E-state index contributed by atoms with van der Waals surface area (Å²) in [5, 5.41) is 10.5. The van der Waals surface area contributed by atoms with Crippen LogP contribution in [-0.2, 0) is 0 Å². The van der Waals surface area contributed by atoms with Crippen LogP contribution in [0.1, 0.15) is 13.8 Å². The predicted molar refractivity (Wildman–Crippen MR) is 97.5 cm³/mol. The second kappa shape index (κ2) is 9.84. The fraction of sp³-hybridized carbons (Fsp3) is 1.00. The fourth-order valence-electron chi connectivity index (χ4n) is 2.93. The van der Waals surface area contributed by atoms with Gasteiger partial charge < -0.3 is 16.0 Å². The van der Waals surface area contributed by atoms with Crippen molar-refractivity contribution in [2.24, 2.45) is 0 Å². The van der Waals surface area contributed by atoms with Gasteiger partial charge in [0.25, 0.3) is 0 Å². The minimum atomic E-state index is -0.853. The van der Waals surface area contributed by atoms with E-state index in [1.807, 2.05) is 0 Å². The molecule has 0 radical (unpaired) electrons. The maximum atomic E-state index is 6.60. The Hall–Kier alpha value is 0.670. The third-order valence-corrected chi connectivity index (χ3v) is 5.02. The molecule has 5 nitrogen and oxygen atoms in total. The summed E-state index contributed by atoms with van der Waals surface area (Å²) < 4.78 is -0.853. The lowest BCUT2D eigenvalue weighted by Gasteiger charge is -2.36. The molecular weight excluding hydrogens is 345 g/mol. The third-order valence-electron chi connectivity index (χ3n) is 4.27. The standard InChI is InChI=1S/C14H29Cl2N5.ClH/c1-12-9-17-3-5-20-7-8-21(14(15,16)11-19-12)6-4-18-13(2)10-20;/h12-13,17-19H,3-11H2,1-2H3;1H. The lowest BCUT2D eigenvalue weighted by Crippen LogP contribution is -2.53. The number of alkyl halides is 2. The number of nitrogens with zero attached hydrogens (tertiary/aromatic N) is 2. The normalized spacial score (nSPS) is 37.6. The molecule has 0 aromatic heterocycles. The van der Waals surface area contributed by atoms with Crippen molar-refractivity contribution in [1.29, 1.82) is 0 Å². The van der Waals surface area contributed by atoms with Crippen molar-refractivity contribution < 1.29 is 0 Å². The maximum Gasteiger partial charge on any atom is 0.183 e. The molecule has 0 aliphatic carbocycles. The summed E-state index contributed by atoms with van der Waals surface area (Å²) in [5.74, 6) is 0. The van der Waals surface area contributed by atoms with Gasteiger partial charge in [-0.1, -0.05) is 23.2 Å². The van der Waals surface area contributed by atoms with E-state index in [0.717, 1.165) is 52.4 Å². The van der Waals surface area contributed by atoms with E-state index in [9.17, 15) is 0 Å². The topological polar surface area (TPSA) is 42.6 Å². The van der Waals surface area contributed by atoms with E-state index in [1.54, 1.807) is 0 Å². The minimum absolute atomic E-state index is 0. The molecule has 2 bridgehead atoms. The molecule has 2 heterocycles. The van der Waals surface area contributed by atoms with Crippen molar-refractivity contribution in [3.8, 4) is 0 Å².